The number of halogens is 2. The first-order chi connectivity index (χ1) is 6.65. The van der Waals surface area contributed by atoms with Crippen molar-refractivity contribution in [1.29, 1.82) is 0 Å². The van der Waals surface area contributed by atoms with Gasteiger partial charge in [0.15, 0.2) is 0 Å². The summed E-state index contributed by atoms with van der Waals surface area (Å²) in [5.41, 5.74) is 1.59. The van der Waals surface area contributed by atoms with Crippen LogP contribution in [0, 0.1) is 5.82 Å². The molecule has 76 valence electrons. The number of allylic oxidation sites excluding steroid dienone is 1. The number of rotatable bonds is 3. The topological polar surface area (TPSA) is 12.0 Å². The minimum absolute atomic E-state index is 0.182. The molecule has 0 spiro atoms. The molecule has 0 aromatic heterocycles. The molecule has 1 rings (SSSR count). The third-order valence-corrected chi connectivity index (χ3v) is 2.46. The average molecular weight is 258 g/mol. The summed E-state index contributed by atoms with van der Waals surface area (Å²) in [6, 6.07) is 4.96. The van der Waals surface area contributed by atoms with Gasteiger partial charge in [0.2, 0.25) is 0 Å². The van der Waals surface area contributed by atoms with Crippen LogP contribution in [0.15, 0.2) is 28.7 Å². The molecule has 0 radical (unpaired) electrons. The number of benzene rings is 1. The lowest BCUT2D eigenvalue weighted by molar-refractivity contribution is 0.623. The second kappa shape index (κ2) is 5.27. The van der Waals surface area contributed by atoms with E-state index in [1.807, 2.05) is 20.0 Å². The summed E-state index contributed by atoms with van der Waals surface area (Å²) in [5.74, 6) is -0.182. The van der Waals surface area contributed by atoms with Gasteiger partial charge in [-0.15, -0.1) is 0 Å². The molecule has 0 saturated heterocycles. The van der Waals surface area contributed by atoms with Gasteiger partial charge in [-0.05, 0) is 37.7 Å². The molecule has 1 N–H and O–H groups in total. The van der Waals surface area contributed by atoms with E-state index < -0.39 is 0 Å². The molecule has 1 aromatic rings. The highest BCUT2D eigenvalue weighted by Crippen LogP contribution is 2.21. The summed E-state index contributed by atoms with van der Waals surface area (Å²) < 4.78 is 14.3. The van der Waals surface area contributed by atoms with Gasteiger partial charge < -0.3 is 5.32 Å². The lowest BCUT2D eigenvalue weighted by Gasteiger charge is -2.04. The summed E-state index contributed by atoms with van der Waals surface area (Å²) >= 11 is 3.32. The Labute approximate surface area is 92.1 Å². The largest absolute Gasteiger partial charge is 0.316 e. The van der Waals surface area contributed by atoms with E-state index in [2.05, 4.69) is 21.2 Å². The van der Waals surface area contributed by atoms with Crippen molar-refractivity contribution in [3.63, 3.8) is 0 Å². The zero-order valence-electron chi connectivity index (χ0n) is 8.27. The van der Waals surface area contributed by atoms with Crippen LogP contribution in [-0.4, -0.2) is 13.6 Å². The Hall–Kier alpha value is -0.670. The van der Waals surface area contributed by atoms with Gasteiger partial charge >= 0.3 is 0 Å². The fraction of sp³-hybridized carbons (Fsp3) is 0.273. The SMILES string of the molecule is CNC/C=C(/C)c1cc(Br)ccc1F. The molecule has 0 atom stereocenters. The number of likely N-dealkylation sites (N-methyl/N-ethyl adjacent to an activating group) is 1. The van der Waals surface area contributed by atoms with Crippen LogP contribution in [-0.2, 0) is 0 Å². The van der Waals surface area contributed by atoms with Gasteiger partial charge in [-0.25, -0.2) is 4.39 Å². The summed E-state index contributed by atoms with van der Waals surface area (Å²) in [6.07, 6.45) is 1.96. The highest BCUT2D eigenvalue weighted by Gasteiger charge is 2.03. The van der Waals surface area contributed by atoms with Gasteiger partial charge in [0.05, 0.1) is 0 Å². The first-order valence-corrected chi connectivity index (χ1v) is 5.21. The predicted molar refractivity (Wildman–Crippen MR) is 61.7 cm³/mol. The molecule has 3 heteroatoms. The monoisotopic (exact) mass is 257 g/mol. The Morgan fingerprint density at radius 2 is 2.29 bits per heavy atom. The Bertz CT molecular complexity index is 347. The van der Waals surface area contributed by atoms with Crippen molar-refractivity contribution in [2.24, 2.45) is 0 Å². The standard InChI is InChI=1S/C11H13BrFN/c1-8(5-6-14-2)10-7-9(12)3-4-11(10)13/h3-5,7,14H,6H2,1-2H3/b8-5-. The van der Waals surface area contributed by atoms with E-state index in [4.69, 9.17) is 0 Å². The van der Waals surface area contributed by atoms with E-state index >= 15 is 0 Å². The normalized spacial score (nSPS) is 11.9. The third kappa shape index (κ3) is 2.93. The van der Waals surface area contributed by atoms with E-state index in [0.29, 0.717) is 5.56 Å². The van der Waals surface area contributed by atoms with Crippen LogP contribution in [0.1, 0.15) is 12.5 Å². The van der Waals surface area contributed by atoms with E-state index in [-0.39, 0.29) is 5.82 Å². The molecule has 1 aromatic carbocycles. The second-order valence-corrected chi connectivity index (χ2v) is 3.98. The van der Waals surface area contributed by atoms with E-state index in [0.717, 1.165) is 16.6 Å². The van der Waals surface area contributed by atoms with Gasteiger partial charge in [0, 0.05) is 16.6 Å². The molecular formula is C11H13BrFN. The van der Waals surface area contributed by atoms with Crippen LogP contribution in [0.2, 0.25) is 0 Å². The van der Waals surface area contributed by atoms with E-state index in [9.17, 15) is 4.39 Å². The highest BCUT2D eigenvalue weighted by atomic mass is 79.9. The van der Waals surface area contributed by atoms with Crippen LogP contribution in [0.4, 0.5) is 4.39 Å². The van der Waals surface area contributed by atoms with Crippen molar-refractivity contribution in [2.75, 3.05) is 13.6 Å². The quantitative estimate of drug-likeness (QED) is 0.877. The summed E-state index contributed by atoms with van der Waals surface area (Å²) in [6.45, 7) is 2.65. The molecule has 1 nitrogen and oxygen atoms in total. The lowest BCUT2D eigenvalue weighted by Crippen LogP contribution is -2.04. The molecule has 0 unspecified atom stereocenters. The maximum absolute atomic E-state index is 13.4. The second-order valence-electron chi connectivity index (χ2n) is 3.07. The molecule has 0 heterocycles. The fourth-order valence-corrected chi connectivity index (χ4v) is 1.53. The van der Waals surface area contributed by atoms with E-state index in [1.165, 1.54) is 6.07 Å². The highest BCUT2D eigenvalue weighted by molar-refractivity contribution is 9.10. The van der Waals surface area contributed by atoms with Crippen molar-refractivity contribution < 1.29 is 4.39 Å². The van der Waals surface area contributed by atoms with Crippen LogP contribution >= 0.6 is 15.9 Å². The van der Waals surface area contributed by atoms with Crippen LogP contribution in [0.5, 0.6) is 0 Å². The number of nitrogens with one attached hydrogen (secondary N) is 1. The summed E-state index contributed by atoms with van der Waals surface area (Å²) in [4.78, 5) is 0. The third-order valence-electron chi connectivity index (χ3n) is 1.97. The molecule has 0 bridgehead atoms. The number of hydrogen-bond acceptors (Lipinski definition) is 1. The number of hydrogen-bond donors (Lipinski definition) is 1. The molecule has 14 heavy (non-hydrogen) atoms. The van der Waals surface area contributed by atoms with Crippen molar-refractivity contribution >= 4 is 21.5 Å². The maximum Gasteiger partial charge on any atom is 0.130 e. The molecule has 0 amide bonds. The van der Waals surface area contributed by atoms with Gasteiger partial charge in [0.1, 0.15) is 5.82 Å². The van der Waals surface area contributed by atoms with Crippen molar-refractivity contribution in [3.05, 3.63) is 40.1 Å². The average Bonchev–Trinajstić information content (AvgIpc) is 2.18. The van der Waals surface area contributed by atoms with Crippen molar-refractivity contribution in [2.45, 2.75) is 6.92 Å². The molecular weight excluding hydrogens is 245 g/mol. The van der Waals surface area contributed by atoms with Crippen molar-refractivity contribution in [3.8, 4) is 0 Å². The minimum atomic E-state index is -0.182. The zero-order chi connectivity index (χ0) is 10.6. The first kappa shape index (κ1) is 11.4. The van der Waals surface area contributed by atoms with E-state index in [1.54, 1.807) is 12.1 Å². The first-order valence-electron chi connectivity index (χ1n) is 4.42. The van der Waals surface area contributed by atoms with Crippen LogP contribution in [0.25, 0.3) is 5.57 Å². The Morgan fingerprint density at radius 3 is 2.93 bits per heavy atom. The van der Waals surface area contributed by atoms with Gasteiger partial charge in [-0.3, -0.25) is 0 Å². The fourth-order valence-electron chi connectivity index (χ4n) is 1.16. The van der Waals surface area contributed by atoms with Crippen molar-refractivity contribution in [1.82, 2.24) is 5.32 Å². The Kier molecular flexibility index (Phi) is 4.29. The van der Waals surface area contributed by atoms with Crippen LogP contribution < -0.4 is 5.32 Å². The van der Waals surface area contributed by atoms with Gasteiger partial charge in [0.25, 0.3) is 0 Å². The summed E-state index contributed by atoms with van der Waals surface area (Å²) in [7, 11) is 1.86. The smallest absolute Gasteiger partial charge is 0.130 e. The summed E-state index contributed by atoms with van der Waals surface area (Å²) in [5, 5.41) is 2.99. The molecule has 0 aliphatic heterocycles. The molecule has 0 saturated carbocycles. The predicted octanol–water partition coefficient (Wildman–Crippen LogP) is 3.21. The van der Waals surface area contributed by atoms with Gasteiger partial charge in [-0.1, -0.05) is 22.0 Å². The van der Waals surface area contributed by atoms with Gasteiger partial charge in [-0.2, -0.15) is 0 Å². The minimum Gasteiger partial charge on any atom is -0.316 e. The Balaban J connectivity index is 2.99. The van der Waals surface area contributed by atoms with Crippen LogP contribution in [0.3, 0.4) is 0 Å². The molecule has 0 aliphatic rings. The Morgan fingerprint density at radius 1 is 1.57 bits per heavy atom. The molecule has 0 aliphatic carbocycles. The maximum atomic E-state index is 13.4. The zero-order valence-corrected chi connectivity index (χ0v) is 9.86. The lowest BCUT2D eigenvalue weighted by atomic mass is 10.1. The molecule has 0 fully saturated rings.